The zero-order valence-electron chi connectivity index (χ0n) is 10.8. The summed E-state index contributed by atoms with van der Waals surface area (Å²) in [5.74, 6) is 1.03. The van der Waals surface area contributed by atoms with E-state index < -0.39 is 14.6 Å². The van der Waals surface area contributed by atoms with Gasteiger partial charge in [0.1, 0.15) is 0 Å². The molecule has 0 aromatic carbocycles. The number of hydrogen-bond donors (Lipinski definition) is 1. The molecular formula is C12H25NO2S. The van der Waals surface area contributed by atoms with Gasteiger partial charge in [-0.1, -0.05) is 12.8 Å². The molecule has 1 aliphatic rings. The predicted octanol–water partition coefficient (Wildman–Crippen LogP) is 1.98. The van der Waals surface area contributed by atoms with E-state index in [-0.39, 0.29) is 5.75 Å². The number of hydrogen-bond acceptors (Lipinski definition) is 3. The van der Waals surface area contributed by atoms with E-state index in [1.165, 1.54) is 25.7 Å². The van der Waals surface area contributed by atoms with Gasteiger partial charge in [-0.2, -0.15) is 0 Å². The molecule has 1 fully saturated rings. The zero-order valence-corrected chi connectivity index (χ0v) is 11.6. The van der Waals surface area contributed by atoms with Crippen molar-refractivity contribution in [3.8, 4) is 0 Å². The summed E-state index contributed by atoms with van der Waals surface area (Å²) in [6, 6.07) is 0. The van der Waals surface area contributed by atoms with Crippen molar-refractivity contribution in [1.82, 2.24) is 5.32 Å². The van der Waals surface area contributed by atoms with Gasteiger partial charge in [0.05, 0.1) is 10.5 Å². The van der Waals surface area contributed by atoms with Crippen molar-refractivity contribution in [3.05, 3.63) is 0 Å². The fraction of sp³-hybridized carbons (Fsp3) is 1.00. The highest BCUT2D eigenvalue weighted by Gasteiger charge is 2.28. The van der Waals surface area contributed by atoms with Crippen LogP contribution < -0.4 is 5.32 Å². The van der Waals surface area contributed by atoms with E-state index in [4.69, 9.17) is 0 Å². The van der Waals surface area contributed by atoms with Crippen molar-refractivity contribution < 1.29 is 8.42 Å². The normalized spacial score (nSPS) is 19.2. The van der Waals surface area contributed by atoms with Crippen LogP contribution >= 0.6 is 0 Å². The molecule has 0 atom stereocenters. The number of nitrogens with one attached hydrogen (secondary N) is 1. The Morgan fingerprint density at radius 2 is 1.75 bits per heavy atom. The van der Waals surface area contributed by atoms with Crippen LogP contribution in [-0.2, 0) is 9.84 Å². The Kier molecular flexibility index (Phi) is 4.80. The molecule has 0 bridgehead atoms. The first kappa shape index (κ1) is 14.0. The zero-order chi connectivity index (χ0) is 12.2. The Hall–Kier alpha value is -0.0900. The van der Waals surface area contributed by atoms with E-state index in [2.05, 4.69) is 5.32 Å². The van der Waals surface area contributed by atoms with E-state index in [0.29, 0.717) is 6.54 Å². The maximum Gasteiger partial charge on any atom is 0.156 e. The topological polar surface area (TPSA) is 46.2 Å². The van der Waals surface area contributed by atoms with Crippen LogP contribution in [0, 0.1) is 5.92 Å². The van der Waals surface area contributed by atoms with Crippen molar-refractivity contribution in [2.24, 2.45) is 5.92 Å². The molecule has 0 amide bonds. The smallest absolute Gasteiger partial charge is 0.156 e. The maximum absolute atomic E-state index is 11.8. The average molecular weight is 247 g/mol. The molecule has 1 aliphatic carbocycles. The summed E-state index contributed by atoms with van der Waals surface area (Å²) < 4.78 is 23.0. The van der Waals surface area contributed by atoms with E-state index in [1.54, 1.807) is 20.8 Å². The molecule has 0 saturated heterocycles. The second-order valence-corrected chi connectivity index (χ2v) is 8.65. The summed E-state index contributed by atoms with van der Waals surface area (Å²) in [7, 11) is -2.96. The summed E-state index contributed by atoms with van der Waals surface area (Å²) in [5, 5.41) is 3.28. The molecule has 1 N–H and O–H groups in total. The van der Waals surface area contributed by atoms with Gasteiger partial charge in [-0.25, -0.2) is 8.42 Å². The van der Waals surface area contributed by atoms with Crippen molar-refractivity contribution >= 4 is 9.84 Å². The van der Waals surface area contributed by atoms with Gasteiger partial charge in [0.2, 0.25) is 0 Å². The minimum absolute atomic E-state index is 0.253. The fourth-order valence-corrected chi connectivity index (χ4v) is 3.06. The molecule has 0 aliphatic heterocycles. The third-order valence-corrected chi connectivity index (χ3v) is 6.00. The number of rotatable bonds is 5. The Bertz CT molecular complexity index is 297. The van der Waals surface area contributed by atoms with Gasteiger partial charge in [-0.15, -0.1) is 0 Å². The minimum atomic E-state index is -2.96. The van der Waals surface area contributed by atoms with Crippen molar-refractivity contribution in [1.29, 1.82) is 0 Å². The van der Waals surface area contributed by atoms with E-state index in [9.17, 15) is 8.42 Å². The molecule has 0 radical (unpaired) electrons. The lowest BCUT2D eigenvalue weighted by Crippen LogP contribution is -2.35. The van der Waals surface area contributed by atoms with Gasteiger partial charge >= 0.3 is 0 Å². The third kappa shape index (κ3) is 4.06. The molecule has 16 heavy (non-hydrogen) atoms. The van der Waals surface area contributed by atoms with Gasteiger partial charge in [0.25, 0.3) is 0 Å². The molecule has 4 heteroatoms. The SMILES string of the molecule is CC(C)(C)S(=O)(=O)CCNCC1CCCC1. The van der Waals surface area contributed by atoms with Crippen LogP contribution in [0.4, 0.5) is 0 Å². The molecule has 0 aromatic heterocycles. The molecule has 0 aromatic rings. The van der Waals surface area contributed by atoms with E-state index >= 15 is 0 Å². The maximum atomic E-state index is 11.8. The highest BCUT2D eigenvalue weighted by molar-refractivity contribution is 7.92. The molecule has 1 rings (SSSR count). The molecule has 96 valence electrons. The number of sulfone groups is 1. The second kappa shape index (κ2) is 5.50. The van der Waals surface area contributed by atoms with Crippen LogP contribution in [0.5, 0.6) is 0 Å². The summed E-state index contributed by atoms with van der Waals surface area (Å²) in [6.07, 6.45) is 5.29. The van der Waals surface area contributed by atoms with Crippen LogP contribution in [0.2, 0.25) is 0 Å². The predicted molar refractivity (Wildman–Crippen MR) is 68.4 cm³/mol. The Balaban J connectivity index is 2.20. The standard InChI is InChI=1S/C12H25NO2S/c1-12(2,3)16(14,15)9-8-13-10-11-6-4-5-7-11/h11,13H,4-10H2,1-3H3. The van der Waals surface area contributed by atoms with E-state index in [0.717, 1.165) is 12.5 Å². The third-order valence-electron chi connectivity index (χ3n) is 3.39. The van der Waals surface area contributed by atoms with Gasteiger partial charge in [0.15, 0.2) is 9.84 Å². The highest BCUT2D eigenvalue weighted by Crippen LogP contribution is 2.23. The van der Waals surface area contributed by atoms with E-state index in [1.807, 2.05) is 0 Å². The lowest BCUT2D eigenvalue weighted by molar-refractivity contribution is 0.495. The summed E-state index contributed by atoms with van der Waals surface area (Å²) in [4.78, 5) is 0. The quantitative estimate of drug-likeness (QED) is 0.756. The fourth-order valence-electron chi connectivity index (χ4n) is 2.03. The molecule has 0 spiro atoms. The Morgan fingerprint density at radius 1 is 1.19 bits per heavy atom. The van der Waals surface area contributed by atoms with Gasteiger partial charge in [-0.05, 0) is 46.1 Å². The van der Waals surface area contributed by atoms with Crippen molar-refractivity contribution in [3.63, 3.8) is 0 Å². The first-order valence-corrected chi connectivity index (χ1v) is 7.91. The monoisotopic (exact) mass is 247 g/mol. The van der Waals surface area contributed by atoms with Gasteiger partial charge in [-0.3, -0.25) is 0 Å². The summed E-state index contributed by atoms with van der Waals surface area (Å²) in [6.45, 7) is 6.87. The lowest BCUT2D eigenvalue weighted by Gasteiger charge is -2.19. The summed E-state index contributed by atoms with van der Waals surface area (Å²) in [5.41, 5.74) is 0. The van der Waals surface area contributed by atoms with Crippen LogP contribution in [0.15, 0.2) is 0 Å². The summed E-state index contributed by atoms with van der Waals surface area (Å²) >= 11 is 0. The molecule has 3 nitrogen and oxygen atoms in total. The first-order valence-electron chi connectivity index (χ1n) is 6.26. The van der Waals surface area contributed by atoms with Gasteiger partial charge < -0.3 is 5.32 Å². The van der Waals surface area contributed by atoms with Crippen LogP contribution in [0.3, 0.4) is 0 Å². The largest absolute Gasteiger partial charge is 0.315 e. The van der Waals surface area contributed by atoms with Crippen molar-refractivity contribution in [2.45, 2.75) is 51.2 Å². The Morgan fingerprint density at radius 3 is 2.25 bits per heavy atom. The molecule has 0 unspecified atom stereocenters. The molecule has 1 saturated carbocycles. The lowest BCUT2D eigenvalue weighted by atomic mass is 10.1. The molecular weight excluding hydrogens is 222 g/mol. The minimum Gasteiger partial charge on any atom is -0.315 e. The van der Waals surface area contributed by atoms with Crippen molar-refractivity contribution in [2.75, 3.05) is 18.8 Å². The van der Waals surface area contributed by atoms with Crippen LogP contribution in [-0.4, -0.2) is 32.0 Å². The Labute approximate surface area is 99.9 Å². The second-order valence-electron chi connectivity index (χ2n) is 5.79. The van der Waals surface area contributed by atoms with Crippen LogP contribution in [0.25, 0.3) is 0 Å². The first-order chi connectivity index (χ1) is 7.33. The van der Waals surface area contributed by atoms with Gasteiger partial charge in [0, 0.05) is 6.54 Å². The molecule has 0 heterocycles. The highest BCUT2D eigenvalue weighted by atomic mass is 32.2. The van der Waals surface area contributed by atoms with Crippen LogP contribution in [0.1, 0.15) is 46.5 Å². The average Bonchev–Trinajstić information content (AvgIpc) is 2.63.